The first-order chi connectivity index (χ1) is 9.69. The summed E-state index contributed by atoms with van der Waals surface area (Å²) in [4.78, 5) is 12.9. The van der Waals surface area contributed by atoms with Gasteiger partial charge in [0.1, 0.15) is 0 Å². The van der Waals surface area contributed by atoms with Crippen LogP contribution < -0.4 is 0 Å². The quantitative estimate of drug-likeness (QED) is 0.838. The van der Waals surface area contributed by atoms with Crippen LogP contribution >= 0.6 is 0 Å². The summed E-state index contributed by atoms with van der Waals surface area (Å²) in [6.07, 6.45) is 3.86. The van der Waals surface area contributed by atoms with E-state index in [2.05, 4.69) is 24.0 Å². The largest absolute Gasteiger partial charge is 0.478 e. The average Bonchev–Trinajstić information content (AvgIpc) is 2.47. The van der Waals surface area contributed by atoms with Crippen molar-refractivity contribution in [3.05, 3.63) is 41.5 Å². The van der Waals surface area contributed by atoms with E-state index in [0.29, 0.717) is 6.04 Å². The molecule has 1 unspecified atom stereocenters. The fraction of sp³-hybridized carbons (Fsp3) is 0.438. The molecule has 1 atom stereocenters. The third-order valence-corrected chi connectivity index (χ3v) is 3.60. The Morgan fingerprint density at radius 3 is 2.85 bits per heavy atom. The molecule has 1 N–H and O–H groups in total. The lowest BCUT2D eigenvalue weighted by atomic mass is 10.1. The van der Waals surface area contributed by atoms with Gasteiger partial charge in [0.15, 0.2) is 0 Å². The van der Waals surface area contributed by atoms with E-state index in [1.54, 1.807) is 6.08 Å². The summed E-state index contributed by atoms with van der Waals surface area (Å²) in [5, 5.41) is 8.60. The molecule has 0 bridgehead atoms. The predicted octanol–water partition coefficient (Wildman–Crippen LogP) is 2.40. The zero-order valence-electron chi connectivity index (χ0n) is 11.8. The summed E-state index contributed by atoms with van der Waals surface area (Å²) in [5.41, 5.74) is 2.16. The summed E-state index contributed by atoms with van der Waals surface area (Å²) in [6.45, 7) is 5.70. The number of hydrogen-bond donors (Lipinski definition) is 1. The highest BCUT2D eigenvalue weighted by Gasteiger charge is 2.20. The molecular weight excluding hydrogens is 254 g/mol. The molecule has 0 spiro atoms. The minimum Gasteiger partial charge on any atom is -0.478 e. The Kier molecular flexibility index (Phi) is 5.32. The van der Waals surface area contributed by atoms with Gasteiger partial charge in [0.25, 0.3) is 0 Å². The van der Waals surface area contributed by atoms with Crippen molar-refractivity contribution >= 4 is 12.0 Å². The van der Waals surface area contributed by atoms with Gasteiger partial charge in [-0.15, -0.1) is 0 Å². The van der Waals surface area contributed by atoms with E-state index in [0.717, 1.165) is 44.4 Å². The molecule has 0 radical (unpaired) electrons. The molecule has 4 nitrogen and oxygen atoms in total. The van der Waals surface area contributed by atoms with Gasteiger partial charge in [0.2, 0.25) is 0 Å². The van der Waals surface area contributed by atoms with Gasteiger partial charge < -0.3 is 9.84 Å². The Hall–Kier alpha value is -1.65. The minimum atomic E-state index is -0.923. The first kappa shape index (κ1) is 14.8. The van der Waals surface area contributed by atoms with E-state index in [-0.39, 0.29) is 0 Å². The summed E-state index contributed by atoms with van der Waals surface area (Å²) in [5.74, 6) is -0.923. The maximum absolute atomic E-state index is 10.5. The van der Waals surface area contributed by atoms with Crippen LogP contribution in [0.2, 0.25) is 0 Å². The molecule has 1 aromatic rings. The van der Waals surface area contributed by atoms with E-state index in [1.807, 2.05) is 12.1 Å². The zero-order chi connectivity index (χ0) is 14.4. The van der Waals surface area contributed by atoms with Gasteiger partial charge in [0.05, 0.1) is 13.2 Å². The average molecular weight is 275 g/mol. The lowest BCUT2D eigenvalue weighted by Crippen LogP contribution is -2.44. The third kappa shape index (κ3) is 4.18. The second-order valence-electron chi connectivity index (χ2n) is 5.02. The Balaban J connectivity index is 1.97. The molecule has 108 valence electrons. The second kappa shape index (κ2) is 7.22. The summed E-state index contributed by atoms with van der Waals surface area (Å²) in [7, 11) is 0. The highest BCUT2D eigenvalue weighted by Crippen LogP contribution is 2.15. The van der Waals surface area contributed by atoms with Crippen molar-refractivity contribution in [3.8, 4) is 0 Å². The molecule has 1 aromatic carbocycles. The van der Waals surface area contributed by atoms with Gasteiger partial charge in [-0.2, -0.15) is 0 Å². The van der Waals surface area contributed by atoms with Crippen molar-refractivity contribution < 1.29 is 14.6 Å². The van der Waals surface area contributed by atoms with Crippen LogP contribution in [0.25, 0.3) is 6.08 Å². The zero-order valence-corrected chi connectivity index (χ0v) is 11.8. The van der Waals surface area contributed by atoms with E-state index >= 15 is 0 Å². The van der Waals surface area contributed by atoms with Crippen LogP contribution in [0.3, 0.4) is 0 Å². The topological polar surface area (TPSA) is 49.8 Å². The number of carboxylic acids is 1. The monoisotopic (exact) mass is 275 g/mol. The molecule has 0 aliphatic carbocycles. The van der Waals surface area contributed by atoms with Crippen molar-refractivity contribution in [1.29, 1.82) is 0 Å². The molecule has 1 aliphatic rings. The van der Waals surface area contributed by atoms with Crippen LogP contribution in [0.4, 0.5) is 0 Å². The molecule has 1 saturated heterocycles. The van der Waals surface area contributed by atoms with E-state index in [9.17, 15) is 4.79 Å². The van der Waals surface area contributed by atoms with Gasteiger partial charge in [-0.1, -0.05) is 31.2 Å². The fourth-order valence-electron chi connectivity index (χ4n) is 2.41. The number of carbonyl (C=O) groups is 1. The van der Waals surface area contributed by atoms with Gasteiger partial charge in [0, 0.05) is 25.2 Å². The van der Waals surface area contributed by atoms with Gasteiger partial charge in [-0.25, -0.2) is 4.79 Å². The minimum absolute atomic E-state index is 0.496. The molecule has 0 aromatic heterocycles. The second-order valence-corrected chi connectivity index (χ2v) is 5.02. The maximum Gasteiger partial charge on any atom is 0.328 e. The fourth-order valence-corrected chi connectivity index (χ4v) is 2.41. The number of nitrogens with zero attached hydrogens (tertiary/aromatic N) is 1. The molecule has 1 fully saturated rings. The van der Waals surface area contributed by atoms with Gasteiger partial charge in [-0.3, -0.25) is 4.90 Å². The molecule has 20 heavy (non-hydrogen) atoms. The molecule has 4 heteroatoms. The number of rotatable bonds is 5. The highest BCUT2D eigenvalue weighted by atomic mass is 16.5. The van der Waals surface area contributed by atoms with Crippen LogP contribution in [0.1, 0.15) is 24.5 Å². The van der Waals surface area contributed by atoms with E-state index in [4.69, 9.17) is 9.84 Å². The van der Waals surface area contributed by atoms with Crippen LogP contribution in [0.5, 0.6) is 0 Å². The smallest absolute Gasteiger partial charge is 0.328 e. The predicted molar refractivity (Wildman–Crippen MR) is 78.4 cm³/mol. The summed E-state index contributed by atoms with van der Waals surface area (Å²) in [6, 6.07) is 8.52. The maximum atomic E-state index is 10.5. The third-order valence-electron chi connectivity index (χ3n) is 3.60. The first-order valence-corrected chi connectivity index (χ1v) is 7.00. The van der Waals surface area contributed by atoms with E-state index < -0.39 is 5.97 Å². The molecule has 0 saturated carbocycles. The summed E-state index contributed by atoms with van der Waals surface area (Å²) < 4.78 is 5.51. The standard InChI is InChI=1S/C16H21NO3/c1-2-15-12-20-10-9-17(15)11-14-5-3-13(4-6-14)7-8-16(18)19/h3-8,15H,2,9-12H2,1H3,(H,18,19). The molecule has 2 rings (SSSR count). The van der Waals surface area contributed by atoms with Crippen molar-refractivity contribution in [2.45, 2.75) is 25.9 Å². The molecular formula is C16H21NO3. The van der Waals surface area contributed by atoms with Crippen LogP contribution in [0, 0.1) is 0 Å². The SMILES string of the molecule is CCC1COCCN1Cc1ccc(C=CC(=O)O)cc1. The Morgan fingerprint density at radius 2 is 2.20 bits per heavy atom. The number of morpholine rings is 1. The lowest BCUT2D eigenvalue weighted by Gasteiger charge is -2.35. The van der Waals surface area contributed by atoms with E-state index in [1.165, 1.54) is 5.56 Å². The van der Waals surface area contributed by atoms with Gasteiger partial charge >= 0.3 is 5.97 Å². The number of carboxylic acid groups (broad SMARTS) is 1. The van der Waals surface area contributed by atoms with Crippen LogP contribution in [-0.4, -0.2) is 41.8 Å². The first-order valence-electron chi connectivity index (χ1n) is 7.00. The van der Waals surface area contributed by atoms with Crippen molar-refractivity contribution in [3.63, 3.8) is 0 Å². The molecule has 0 amide bonds. The lowest BCUT2D eigenvalue weighted by molar-refractivity contribution is -0.131. The normalized spacial score (nSPS) is 20.4. The number of ether oxygens (including phenoxy) is 1. The number of aliphatic carboxylic acids is 1. The number of benzene rings is 1. The van der Waals surface area contributed by atoms with Gasteiger partial charge in [-0.05, 0) is 23.6 Å². The summed E-state index contributed by atoms with van der Waals surface area (Å²) >= 11 is 0. The Bertz CT molecular complexity index is 467. The molecule has 1 heterocycles. The Labute approximate surface area is 119 Å². The van der Waals surface area contributed by atoms with Crippen molar-refractivity contribution in [1.82, 2.24) is 4.90 Å². The highest BCUT2D eigenvalue weighted by molar-refractivity contribution is 5.85. The van der Waals surface area contributed by atoms with Crippen LogP contribution in [-0.2, 0) is 16.1 Å². The van der Waals surface area contributed by atoms with Crippen molar-refractivity contribution in [2.75, 3.05) is 19.8 Å². The van der Waals surface area contributed by atoms with Crippen LogP contribution in [0.15, 0.2) is 30.3 Å². The van der Waals surface area contributed by atoms with Crippen molar-refractivity contribution in [2.24, 2.45) is 0 Å². The number of hydrogen-bond acceptors (Lipinski definition) is 3. The molecule has 1 aliphatic heterocycles. The Morgan fingerprint density at radius 1 is 1.45 bits per heavy atom.